The van der Waals surface area contributed by atoms with Crippen molar-refractivity contribution in [3.63, 3.8) is 0 Å². The lowest BCUT2D eigenvalue weighted by molar-refractivity contribution is -0.140. The zero-order valence-electron chi connectivity index (χ0n) is 22.2. The molecule has 1 fully saturated rings. The van der Waals surface area contributed by atoms with Crippen LogP contribution in [0.4, 0.5) is 28.9 Å². The van der Waals surface area contributed by atoms with E-state index in [4.69, 9.17) is 4.74 Å². The number of aromatic carboxylic acids is 1. The maximum atomic E-state index is 15.7. The molecule has 2 aromatic carbocycles. The third-order valence-corrected chi connectivity index (χ3v) is 7.88. The number of benzene rings is 2. The molecule has 2 heterocycles. The summed E-state index contributed by atoms with van der Waals surface area (Å²) in [4.78, 5) is 13.2. The summed E-state index contributed by atoms with van der Waals surface area (Å²) in [5.74, 6) is 4.93. The molecule has 0 bridgehead atoms. The first-order valence-corrected chi connectivity index (χ1v) is 13.7. The Labute approximate surface area is 233 Å². The van der Waals surface area contributed by atoms with E-state index in [1.54, 1.807) is 30.5 Å². The second kappa shape index (κ2) is 11.9. The van der Waals surface area contributed by atoms with Gasteiger partial charge in [-0.05, 0) is 62.0 Å². The normalized spacial score (nSPS) is 19.6. The molecule has 1 saturated heterocycles. The van der Waals surface area contributed by atoms with Crippen molar-refractivity contribution in [3.05, 3.63) is 53.7 Å². The molecule has 0 radical (unpaired) electrons. The highest BCUT2D eigenvalue weighted by molar-refractivity contribution is 7.99. The zero-order valence-corrected chi connectivity index (χ0v) is 23.0. The number of methoxy groups -OCH3 is 1. The largest absolute Gasteiger partial charge is 0.495 e. The molecule has 0 unspecified atom stereocenters. The molecule has 214 valence electrons. The van der Waals surface area contributed by atoms with E-state index in [2.05, 4.69) is 22.5 Å². The SMILES string of the molecule is COc1ccc(C(=O)O)cc1NCC#Cc1cc2c(N[C@@H]3CCN(C)C[C@]3(F)SC)cccc2n1CC(F)(F)F. The lowest BCUT2D eigenvalue weighted by Gasteiger charge is -2.41. The van der Waals surface area contributed by atoms with E-state index < -0.39 is 29.7 Å². The van der Waals surface area contributed by atoms with E-state index in [1.165, 1.54) is 25.3 Å². The van der Waals surface area contributed by atoms with Gasteiger partial charge in [-0.1, -0.05) is 12.0 Å². The maximum absolute atomic E-state index is 15.7. The third kappa shape index (κ3) is 6.59. The van der Waals surface area contributed by atoms with Gasteiger partial charge in [-0.3, -0.25) is 0 Å². The molecule has 1 aliphatic rings. The van der Waals surface area contributed by atoms with Gasteiger partial charge in [0.25, 0.3) is 0 Å². The van der Waals surface area contributed by atoms with Gasteiger partial charge in [0, 0.05) is 24.2 Å². The highest BCUT2D eigenvalue weighted by atomic mass is 32.2. The Hall–Kier alpha value is -3.56. The van der Waals surface area contributed by atoms with Crippen LogP contribution in [-0.4, -0.2) is 77.8 Å². The number of piperidine rings is 1. The summed E-state index contributed by atoms with van der Waals surface area (Å²) in [6.07, 6.45) is -2.24. The summed E-state index contributed by atoms with van der Waals surface area (Å²) in [6, 6.07) is 10.3. The summed E-state index contributed by atoms with van der Waals surface area (Å²) in [5, 5.41) is 14.4. The van der Waals surface area contributed by atoms with Crippen molar-refractivity contribution in [2.75, 3.05) is 50.7 Å². The van der Waals surface area contributed by atoms with Crippen LogP contribution in [0, 0.1) is 11.8 Å². The van der Waals surface area contributed by atoms with E-state index in [0.717, 1.165) is 16.3 Å². The monoisotopic (exact) mass is 578 g/mol. The van der Waals surface area contributed by atoms with Crippen molar-refractivity contribution in [2.24, 2.45) is 0 Å². The van der Waals surface area contributed by atoms with Crippen LogP contribution in [0.25, 0.3) is 10.9 Å². The summed E-state index contributed by atoms with van der Waals surface area (Å²) >= 11 is 1.12. The predicted octanol–water partition coefficient (Wildman–Crippen LogP) is 5.52. The number of carbonyl (C=O) groups is 1. The number of likely N-dealkylation sites (tertiary alicyclic amines) is 1. The number of thioether (sulfide) groups is 1. The second-order valence-electron chi connectivity index (χ2n) is 9.56. The number of nitrogens with one attached hydrogen (secondary N) is 2. The molecule has 2 atom stereocenters. The Morgan fingerprint density at radius 1 is 1.25 bits per heavy atom. The number of rotatable bonds is 8. The van der Waals surface area contributed by atoms with Crippen LogP contribution < -0.4 is 15.4 Å². The molecule has 0 aliphatic carbocycles. The van der Waals surface area contributed by atoms with Gasteiger partial charge in [0.2, 0.25) is 0 Å². The summed E-state index contributed by atoms with van der Waals surface area (Å²) in [7, 11) is 3.29. The molecule has 40 heavy (non-hydrogen) atoms. The number of hydrogen-bond acceptors (Lipinski definition) is 6. The number of carboxylic acids is 1. The van der Waals surface area contributed by atoms with Crippen molar-refractivity contribution < 1.29 is 32.2 Å². The first-order chi connectivity index (χ1) is 18.9. The zero-order chi connectivity index (χ0) is 29.1. The number of halogens is 4. The van der Waals surface area contributed by atoms with Gasteiger partial charge in [-0.2, -0.15) is 13.2 Å². The Morgan fingerprint density at radius 2 is 2.02 bits per heavy atom. The number of hydrogen-bond donors (Lipinski definition) is 3. The smallest absolute Gasteiger partial charge is 0.406 e. The van der Waals surface area contributed by atoms with Crippen molar-refractivity contribution in [1.29, 1.82) is 0 Å². The molecular weight excluding hydrogens is 548 g/mol. The van der Waals surface area contributed by atoms with Gasteiger partial charge >= 0.3 is 12.1 Å². The quantitative estimate of drug-likeness (QED) is 0.240. The Bertz CT molecular complexity index is 1450. The topological polar surface area (TPSA) is 78.8 Å². The molecule has 4 rings (SSSR count). The summed E-state index contributed by atoms with van der Waals surface area (Å²) in [5.41, 5.74) is 1.46. The number of fused-ring (bicyclic) bond motifs is 1. The number of alkyl halides is 4. The predicted molar refractivity (Wildman–Crippen MR) is 150 cm³/mol. The molecule has 0 amide bonds. The van der Waals surface area contributed by atoms with Crippen molar-refractivity contribution in [2.45, 2.75) is 30.2 Å². The average molecular weight is 579 g/mol. The van der Waals surface area contributed by atoms with Crippen molar-refractivity contribution >= 4 is 40.0 Å². The molecule has 7 nitrogen and oxygen atoms in total. The van der Waals surface area contributed by atoms with Gasteiger partial charge < -0.3 is 29.9 Å². The number of anilines is 2. The minimum absolute atomic E-state index is 0.0196. The van der Waals surface area contributed by atoms with Crippen LogP contribution in [-0.2, 0) is 6.54 Å². The van der Waals surface area contributed by atoms with Gasteiger partial charge in [-0.15, -0.1) is 11.8 Å². The standard InChI is InChI=1S/C28H30F4N4O3S/c1-35-13-11-25(27(29,16-35)40-3)34-21-7-4-8-23-20(21)15-19(36(23)17-28(30,31)32)6-5-12-33-22-14-18(26(37)38)9-10-24(22)39-2/h4,7-10,14-15,25,33-34H,11-13,16-17H2,1-3H3,(H,37,38)/t25-,27+/m1/s1. The number of aromatic nitrogens is 1. The number of ether oxygens (including phenoxy) is 1. The number of carboxylic acid groups (broad SMARTS) is 1. The van der Waals surface area contributed by atoms with Crippen LogP contribution in [0.15, 0.2) is 42.5 Å². The first kappa shape index (κ1) is 29.4. The highest BCUT2D eigenvalue weighted by Crippen LogP contribution is 2.38. The second-order valence-corrected chi connectivity index (χ2v) is 10.6. The molecule has 1 aromatic heterocycles. The minimum Gasteiger partial charge on any atom is -0.495 e. The fourth-order valence-electron chi connectivity index (χ4n) is 4.81. The summed E-state index contributed by atoms with van der Waals surface area (Å²) in [6.45, 7) is -0.288. The molecule has 3 N–H and O–H groups in total. The van der Waals surface area contributed by atoms with Crippen LogP contribution in [0.5, 0.6) is 5.75 Å². The van der Waals surface area contributed by atoms with E-state index in [0.29, 0.717) is 41.0 Å². The van der Waals surface area contributed by atoms with Crippen molar-refractivity contribution in [3.8, 4) is 17.6 Å². The average Bonchev–Trinajstić information content (AvgIpc) is 3.24. The molecular formula is C28H30F4N4O3S. The maximum Gasteiger partial charge on any atom is 0.406 e. The van der Waals surface area contributed by atoms with E-state index in [-0.39, 0.29) is 24.3 Å². The third-order valence-electron chi connectivity index (χ3n) is 6.79. The van der Waals surface area contributed by atoms with E-state index in [9.17, 15) is 23.1 Å². The van der Waals surface area contributed by atoms with Crippen molar-refractivity contribution in [1.82, 2.24) is 9.47 Å². The Kier molecular flexibility index (Phi) is 8.75. The molecule has 3 aromatic rings. The highest BCUT2D eigenvalue weighted by Gasteiger charge is 2.43. The van der Waals surface area contributed by atoms with Gasteiger partial charge in [0.05, 0.1) is 42.2 Å². The van der Waals surface area contributed by atoms with Gasteiger partial charge in [0.1, 0.15) is 12.3 Å². The van der Waals surface area contributed by atoms with Crippen LogP contribution in [0.3, 0.4) is 0 Å². The van der Waals surface area contributed by atoms with Gasteiger partial charge in [-0.25, -0.2) is 9.18 Å². The fourth-order valence-corrected chi connectivity index (χ4v) is 5.62. The van der Waals surface area contributed by atoms with Gasteiger partial charge in [0.15, 0.2) is 5.00 Å². The van der Waals surface area contributed by atoms with E-state index >= 15 is 4.39 Å². The van der Waals surface area contributed by atoms with E-state index in [1.807, 2.05) is 11.9 Å². The molecule has 12 heteroatoms. The Morgan fingerprint density at radius 3 is 2.70 bits per heavy atom. The number of nitrogens with zero attached hydrogens (tertiary/aromatic N) is 2. The van der Waals surface area contributed by atoms with Crippen LogP contribution >= 0.6 is 11.8 Å². The fraction of sp³-hybridized carbons (Fsp3) is 0.393. The first-order valence-electron chi connectivity index (χ1n) is 12.5. The molecule has 0 spiro atoms. The minimum atomic E-state index is -4.49. The lowest BCUT2D eigenvalue weighted by Crippen LogP contribution is -2.53. The Balaban J connectivity index is 1.65. The van der Waals surface area contributed by atoms with Crippen LogP contribution in [0.2, 0.25) is 0 Å². The summed E-state index contributed by atoms with van der Waals surface area (Å²) < 4.78 is 62.8. The molecule has 0 saturated carbocycles. The lowest BCUT2D eigenvalue weighted by atomic mass is 10.0. The van der Waals surface area contributed by atoms with Crippen LogP contribution in [0.1, 0.15) is 22.5 Å². The molecule has 1 aliphatic heterocycles.